The van der Waals surface area contributed by atoms with Crippen molar-refractivity contribution >= 4 is 34.2 Å². The second kappa shape index (κ2) is 9.95. The topological polar surface area (TPSA) is 71.5 Å². The fraction of sp³-hybridized carbons (Fsp3) is 0.320. The van der Waals surface area contributed by atoms with Gasteiger partial charge in [-0.3, -0.25) is 0 Å². The van der Waals surface area contributed by atoms with Gasteiger partial charge in [0.25, 0.3) is 5.71 Å². The minimum absolute atomic E-state index is 0.294. The van der Waals surface area contributed by atoms with Crippen LogP contribution >= 0.6 is 11.6 Å². The molecule has 7 nitrogen and oxygen atoms in total. The van der Waals surface area contributed by atoms with Crippen LogP contribution in [0.2, 0.25) is 5.02 Å². The van der Waals surface area contributed by atoms with Crippen molar-refractivity contribution in [1.82, 2.24) is 15.1 Å². The monoisotopic (exact) mass is 481 g/mol. The Balaban J connectivity index is 1.16. The molecule has 4 aromatic rings. The molecule has 1 fully saturated rings. The highest BCUT2D eigenvalue weighted by Gasteiger charge is 2.21. The van der Waals surface area contributed by atoms with Crippen LogP contribution in [0.5, 0.6) is 0 Å². The van der Waals surface area contributed by atoms with E-state index in [4.69, 9.17) is 16.1 Å². The number of nitrogens with one attached hydrogen (secondary N) is 2. The van der Waals surface area contributed by atoms with E-state index >= 15 is 0 Å². The minimum atomic E-state index is -0.294. The number of quaternary nitrogens is 1. The molecule has 0 aliphatic carbocycles. The summed E-state index contributed by atoms with van der Waals surface area (Å²) < 4.78 is 18.7. The normalized spacial score (nSPS) is 14.6. The minimum Gasteiger partial charge on any atom is -0.369 e. The van der Waals surface area contributed by atoms with E-state index in [1.54, 1.807) is 17.0 Å². The first kappa shape index (κ1) is 22.6. The summed E-state index contributed by atoms with van der Waals surface area (Å²) in [6.45, 7) is 8.25. The van der Waals surface area contributed by atoms with Crippen molar-refractivity contribution in [3.63, 3.8) is 0 Å². The zero-order chi connectivity index (χ0) is 23.5. The van der Waals surface area contributed by atoms with E-state index in [0.717, 1.165) is 56.3 Å². The summed E-state index contributed by atoms with van der Waals surface area (Å²) in [5.74, 6) is 0.388. The maximum absolute atomic E-state index is 13.3. The third-order valence-corrected chi connectivity index (χ3v) is 6.61. The Morgan fingerprint density at radius 1 is 1.12 bits per heavy atom. The van der Waals surface area contributed by atoms with Gasteiger partial charge in [-0.25, -0.2) is 9.37 Å². The summed E-state index contributed by atoms with van der Waals surface area (Å²) in [5.41, 5.74) is 4.29. The molecule has 2 aromatic carbocycles. The molecule has 9 heteroatoms. The van der Waals surface area contributed by atoms with E-state index in [0.29, 0.717) is 22.6 Å². The second-order valence-corrected chi connectivity index (χ2v) is 9.08. The molecule has 1 aliphatic heterocycles. The van der Waals surface area contributed by atoms with E-state index in [1.807, 2.05) is 6.07 Å². The number of nitrogens with zero attached hydrogens (tertiary/aromatic N) is 4. The zero-order valence-electron chi connectivity index (χ0n) is 19.0. The zero-order valence-corrected chi connectivity index (χ0v) is 19.8. The average molecular weight is 482 g/mol. The summed E-state index contributed by atoms with van der Waals surface area (Å²) in [6, 6.07) is 12.3. The predicted octanol–water partition coefficient (Wildman–Crippen LogP) is 3.59. The fourth-order valence-corrected chi connectivity index (χ4v) is 4.67. The summed E-state index contributed by atoms with van der Waals surface area (Å²) in [6.07, 6.45) is 2.47. The van der Waals surface area contributed by atoms with Crippen molar-refractivity contribution in [3.05, 3.63) is 65.2 Å². The van der Waals surface area contributed by atoms with Crippen molar-refractivity contribution < 1.29 is 13.8 Å². The number of aryl methyl sites for hydroxylation is 1. The predicted molar refractivity (Wildman–Crippen MR) is 132 cm³/mol. The van der Waals surface area contributed by atoms with E-state index in [1.165, 1.54) is 29.7 Å². The van der Waals surface area contributed by atoms with Crippen molar-refractivity contribution in [2.24, 2.45) is 0 Å². The van der Waals surface area contributed by atoms with Gasteiger partial charge >= 0.3 is 0 Å². The Kier molecular flexibility index (Phi) is 6.60. The number of halogens is 2. The Bertz CT molecular complexity index is 1270. The molecule has 0 spiro atoms. The molecule has 1 aliphatic rings. The number of piperazine rings is 1. The summed E-state index contributed by atoms with van der Waals surface area (Å²) >= 11 is 6.21. The number of benzene rings is 2. The molecule has 5 rings (SSSR count). The highest BCUT2D eigenvalue weighted by molar-refractivity contribution is 6.30. The highest BCUT2D eigenvalue weighted by Crippen LogP contribution is 2.31. The lowest BCUT2D eigenvalue weighted by Gasteiger charge is -2.34. The Labute approximate surface area is 202 Å². The van der Waals surface area contributed by atoms with Crippen molar-refractivity contribution in [2.75, 3.05) is 49.5 Å². The van der Waals surface area contributed by atoms with Gasteiger partial charge in [0.1, 0.15) is 29.0 Å². The highest BCUT2D eigenvalue weighted by atomic mass is 35.5. The fourth-order valence-electron chi connectivity index (χ4n) is 4.51. The van der Waals surface area contributed by atoms with Gasteiger partial charge in [0.2, 0.25) is 0 Å². The van der Waals surface area contributed by atoms with Gasteiger partial charge in [0.15, 0.2) is 0 Å². The SMILES string of the molecule is Cc1ccc(Cl)cc1N1CC[NH+](CCCNc2ncnc3onc(-c4ccc(F)cc4)c23)CC1. The largest absolute Gasteiger partial charge is 0.369 e. The van der Waals surface area contributed by atoms with Crippen molar-refractivity contribution in [1.29, 1.82) is 0 Å². The van der Waals surface area contributed by atoms with Crippen LogP contribution < -0.4 is 15.1 Å². The molecule has 176 valence electrons. The van der Waals surface area contributed by atoms with Crippen LogP contribution in [0.3, 0.4) is 0 Å². The van der Waals surface area contributed by atoms with Gasteiger partial charge in [-0.1, -0.05) is 22.8 Å². The van der Waals surface area contributed by atoms with Crippen LogP contribution in [0.15, 0.2) is 53.3 Å². The number of anilines is 2. The van der Waals surface area contributed by atoms with Crippen LogP contribution in [-0.4, -0.2) is 54.4 Å². The van der Waals surface area contributed by atoms with E-state index < -0.39 is 0 Å². The maximum Gasteiger partial charge on any atom is 0.263 e. The quantitative estimate of drug-likeness (QED) is 0.393. The van der Waals surface area contributed by atoms with Gasteiger partial charge in [0, 0.05) is 29.2 Å². The molecule has 0 atom stereocenters. The van der Waals surface area contributed by atoms with Crippen LogP contribution in [0.1, 0.15) is 12.0 Å². The first-order valence-corrected chi connectivity index (χ1v) is 11.9. The van der Waals surface area contributed by atoms with Crippen molar-refractivity contribution in [3.8, 4) is 11.3 Å². The molecule has 3 heterocycles. The molecule has 0 amide bonds. The van der Waals surface area contributed by atoms with E-state index in [-0.39, 0.29) is 5.82 Å². The molecule has 1 saturated heterocycles. The van der Waals surface area contributed by atoms with Crippen LogP contribution in [0.4, 0.5) is 15.9 Å². The summed E-state index contributed by atoms with van der Waals surface area (Å²) in [4.78, 5) is 12.6. The van der Waals surface area contributed by atoms with E-state index in [9.17, 15) is 4.39 Å². The Morgan fingerprint density at radius 3 is 2.71 bits per heavy atom. The molecule has 0 saturated carbocycles. The smallest absolute Gasteiger partial charge is 0.263 e. The molecule has 0 unspecified atom stereocenters. The molecular formula is C25H27ClFN6O+. The van der Waals surface area contributed by atoms with Crippen LogP contribution in [0.25, 0.3) is 22.4 Å². The second-order valence-electron chi connectivity index (χ2n) is 8.64. The summed E-state index contributed by atoms with van der Waals surface area (Å²) in [7, 11) is 0. The third kappa shape index (κ3) is 4.83. The third-order valence-electron chi connectivity index (χ3n) is 6.37. The van der Waals surface area contributed by atoms with E-state index in [2.05, 4.69) is 44.4 Å². The number of rotatable bonds is 7. The Hall–Kier alpha value is -3.23. The number of aromatic nitrogens is 3. The first-order valence-electron chi connectivity index (χ1n) is 11.5. The van der Waals surface area contributed by atoms with Gasteiger partial charge in [-0.15, -0.1) is 0 Å². The number of fused-ring (bicyclic) bond motifs is 1. The van der Waals surface area contributed by atoms with Gasteiger partial charge in [-0.05, 0) is 48.9 Å². The van der Waals surface area contributed by atoms with Crippen LogP contribution in [-0.2, 0) is 0 Å². The lowest BCUT2D eigenvalue weighted by Crippen LogP contribution is -3.15. The molecule has 2 N–H and O–H groups in total. The summed E-state index contributed by atoms with van der Waals surface area (Å²) in [5, 5.41) is 9.07. The van der Waals surface area contributed by atoms with Gasteiger partial charge < -0.3 is 19.6 Å². The molecular weight excluding hydrogens is 455 g/mol. The van der Waals surface area contributed by atoms with Crippen molar-refractivity contribution in [2.45, 2.75) is 13.3 Å². The van der Waals surface area contributed by atoms with Gasteiger partial charge in [0.05, 0.1) is 32.7 Å². The lowest BCUT2D eigenvalue weighted by atomic mass is 10.1. The Morgan fingerprint density at radius 2 is 1.91 bits per heavy atom. The van der Waals surface area contributed by atoms with Crippen LogP contribution in [0, 0.1) is 12.7 Å². The van der Waals surface area contributed by atoms with Gasteiger partial charge in [-0.2, -0.15) is 4.98 Å². The number of hydrogen-bond donors (Lipinski definition) is 2. The number of hydrogen-bond acceptors (Lipinski definition) is 6. The standard InChI is InChI=1S/C25H26ClFN6O/c1-17-3-6-19(26)15-21(17)33-13-11-32(12-14-33)10-2-9-28-24-22-23(18-4-7-20(27)8-5-18)31-34-25(22)30-16-29-24/h3-8,15-16H,2,9-14H2,1H3,(H,28,29,30)/p+1. The molecule has 2 aromatic heterocycles. The average Bonchev–Trinajstić information content (AvgIpc) is 3.29. The maximum atomic E-state index is 13.3. The molecule has 0 radical (unpaired) electrons. The molecule has 34 heavy (non-hydrogen) atoms. The first-order chi connectivity index (χ1) is 16.6. The lowest BCUT2D eigenvalue weighted by molar-refractivity contribution is -0.900. The molecule has 0 bridgehead atoms.